The van der Waals surface area contributed by atoms with E-state index in [2.05, 4.69) is 13.5 Å². The largest absolute Gasteiger partial charge is 0.462 e. The molecular weight excluding hydrogens is 889 g/mol. The lowest BCUT2D eigenvalue weighted by Crippen LogP contribution is -2.75. The third-order valence-electron chi connectivity index (χ3n) is 19.5. The summed E-state index contributed by atoms with van der Waals surface area (Å²) >= 11 is 0. The Morgan fingerprint density at radius 2 is 1.48 bits per heavy atom. The van der Waals surface area contributed by atoms with Crippen LogP contribution in [0.4, 0.5) is 0 Å². The van der Waals surface area contributed by atoms with Crippen LogP contribution in [0, 0.1) is 46.3 Å². The number of epoxide rings is 1. The predicted octanol–water partition coefficient (Wildman–Crippen LogP) is 6.00. The van der Waals surface area contributed by atoms with Crippen LogP contribution < -0.4 is 0 Å². The molecule has 69 heavy (non-hydrogen) atoms. The van der Waals surface area contributed by atoms with Crippen molar-refractivity contribution in [2.45, 2.75) is 164 Å². The van der Waals surface area contributed by atoms with Gasteiger partial charge in [-0.3, -0.25) is 4.79 Å². The fraction of sp³-hybridized carbons (Fsp3) is 0.667. The van der Waals surface area contributed by atoms with Gasteiger partial charge in [-0.05, 0) is 87.1 Å². The Morgan fingerprint density at radius 1 is 0.826 bits per heavy atom. The Morgan fingerprint density at radius 3 is 2.10 bits per heavy atom. The summed E-state index contributed by atoms with van der Waals surface area (Å²) in [5, 5.41) is 40.5. The monoisotopic (exact) mass is 954 g/mol. The van der Waals surface area contributed by atoms with Crippen LogP contribution in [-0.2, 0) is 47.5 Å². The first-order valence-corrected chi connectivity index (χ1v) is 25.1. The van der Waals surface area contributed by atoms with Gasteiger partial charge in [0.2, 0.25) is 5.60 Å². The maximum atomic E-state index is 14.7. The highest BCUT2D eigenvalue weighted by Gasteiger charge is 2.91. The molecule has 9 aliphatic rings. The molecule has 15 nitrogen and oxygen atoms in total. The van der Waals surface area contributed by atoms with Crippen molar-refractivity contribution in [3.05, 3.63) is 83.9 Å². The Labute approximate surface area is 402 Å². The number of ether oxygens (including phenoxy) is 8. The van der Waals surface area contributed by atoms with Crippen LogP contribution >= 0.6 is 0 Å². The SMILES string of the molecule is C=C(C)[C@]12C[C@@H](COC(=O)c3ccccc3)[C@@]34OC5(O[C@@H]1[C@@H]3[C@@H]1O[C@]1(COC(=O)[C@@]13CC[C@@](C)(C(=O)O1)C3(C)C)[C@@H](O)[C@@]1(O)[C@H]4[C@H]([C@H](C)[C@@H]1OC(=O)c1ccccc1)[C@H](C)CCCCCC[C@H]5O)O2. The van der Waals surface area contributed by atoms with Gasteiger partial charge < -0.3 is 53.2 Å². The van der Waals surface area contributed by atoms with Gasteiger partial charge in [0.05, 0.1) is 28.7 Å². The lowest BCUT2D eigenvalue weighted by Gasteiger charge is -2.62. The van der Waals surface area contributed by atoms with Crippen molar-refractivity contribution in [1.29, 1.82) is 0 Å². The number of carbonyl (C=O) groups is 4. The van der Waals surface area contributed by atoms with Gasteiger partial charge >= 0.3 is 29.9 Å². The molecule has 2 aromatic rings. The molecule has 11 rings (SSSR count). The number of aliphatic hydroxyl groups excluding tert-OH is 2. The number of rotatable bonds is 9. The second-order valence-corrected chi connectivity index (χ2v) is 22.9. The summed E-state index contributed by atoms with van der Waals surface area (Å²) in [5.41, 5.74) is -9.85. The van der Waals surface area contributed by atoms with E-state index in [-0.39, 0.29) is 37.4 Å². The molecule has 18 atom stereocenters. The summed E-state index contributed by atoms with van der Waals surface area (Å²) in [6, 6.07) is 17.0. The number of esters is 4. The maximum Gasteiger partial charge on any atom is 0.351 e. The smallest absolute Gasteiger partial charge is 0.351 e. The minimum atomic E-state index is -2.43. The summed E-state index contributed by atoms with van der Waals surface area (Å²) in [5.74, 6) is -9.07. The predicted molar refractivity (Wildman–Crippen MR) is 242 cm³/mol. The number of hydrogen-bond acceptors (Lipinski definition) is 15. The van der Waals surface area contributed by atoms with Gasteiger partial charge in [0.1, 0.15) is 48.3 Å². The summed E-state index contributed by atoms with van der Waals surface area (Å²) in [4.78, 5) is 56.5. The van der Waals surface area contributed by atoms with E-state index >= 15 is 0 Å². The van der Waals surface area contributed by atoms with Crippen LogP contribution in [0.1, 0.15) is 120 Å². The molecule has 0 aromatic heterocycles. The first-order chi connectivity index (χ1) is 32.7. The summed E-state index contributed by atoms with van der Waals surface area (Å²) < 4.78 is 53.8. The molecule has 0 radical (unpaired) electrons. The van der Waals surface area contributed by atoms with Crippen molar-refractivity contribution in [2.75, 3.05) is 13.2 Å². The van der Waals surface area contributed by atoms with Gasteiger partial charge in [0, 0.05) is 23.2 Å². The fourth-order valence-electron chi connectivity index (χ4n) is 15.4. The third kappa shape index (κ3) is 6.04. The van der Waals surface area contributed by atoms with Crippen molar-refractivity contribution >= 4 is 23.9 Å². The van der Waals surface area contributed by atoms with Gasteiger partial charge in [-0.1, -0.05) is 103 Å². The number of carbonyl (C=O) groups excluding carboxylic acids is 4. The first kappa shape index (κ1) is 47.1. The standard InChI is InChI=1S/C54H66O15/c1-29(2)49-26-34(27-62-42(56)32-19-13-10-14-20-32)53-37-40(49)66-54(68-49,69-53)35(55)23-17-9-8-12-18-30(3)36-31(4)39(64-43(57)33-21-15-11-16-22-33)52(61,38(36)53)44(58)50(41(37)65-50)28-63-46(60)51-25-24-48(7,45(59)67-51)47(51,5)6/h10-11,13-16,19-22,30-31,34-41,44,55,58,61H,1,8-9,12,17-18,23-28H2,2-7H3/t30-,31+,34+,35-,36+,37-,38-,39+,40-,41+,44-,48+,49-,50+,51-,52-,53-,54?/m1/s1. The van der Waals surface area contributed by atoms with E-state index in [1.165, 1.54) is 0 Å². The summed E-state index contributed by atoms with van der Waals surface area (Å²) in [6.45, 7) is 14.9. The molecule has 5 heterocycles. The average Bonchev–Trinajstić information content (AvgIpc) is 3.85. The van der Waals surface area contributed by atoms with Crippen molar-refractivity contribution < 1.29 is 72.4 Å². The molecule has 5 bridgehead atoms. The highest BCUT2D eigenvalue weighted by atomic mass is 16.9. The summed E-state index contributed by atoms with van der Waals surface area (Å²) in [7, 11) is 0. The molecule has 4 saturated carbocycles. The minimum Gasteiger partial charge on any atom is -0.462 e. The van der Waals surface area contributed by atoms with E-state index in [9.17, 15) is 34.5 Å². The van der Waals surface area contributed by atoms with E-state index in [0.717, 1.165) is 19.3 Å². The van der Waals surface area contributed by atoms with Gasteiger partial charge in [-0.25, -0.2) is 14.4 Å². The highest BCUT2D eigenvalue weighted by Crippen LogP contribution is 2.76. The molecule has 4 aliphatic carbocycles. The van der Waals surface area contributed by atoms with Gasteiger partial charge in [-0.2, -0.15) is 0 Å². The summed E-state index contributed by atoms with van der Waals surface area (Å²) in [6.07, 6.45) is -1.91. The second-order valence-electron chi connectivity index (χ2n) is 22.9. The zero-order valence-corrected chi connectivity index (χ0v) is 40.4. The normalized spacial score (nSPS) is 47.3. The number of aliphatic hydroxyl groups is 3. The zero-order valence-electron chi connectivity index (χ0n) is 40.4. The van der Waals surface area contributed by atoms with Crippen molar-refractivity contribution in [3.8, 4) is 0 Å². The van der Waals surface area contributed by atoms with E-state index in [0.29, 0.717) is 30.4 Å². The molecule has 0 amide bonds. The van der Waals surface area contributed by atoms with Gasteiger partial charge in [-0.15, -0.1) is 0 Å². The molecule has 5 saturated heterocycles. The number of fused-ring (bicyclic) bond motifs is 3. The molecule has 1 unspecified atom stereocenters. The van der Waals surface area contributed by atoms with E-state index in [4.69, 9.17) is 37.9 Å². The lowest BCUT2D eigenvalue weighted by atomic mass is 9.51. The molecular formula is C54H66O15. The van der Waals surface area contributed by atoms with Crippen LogP contribution in [0.15, 0.2) is 72.8 Å². The molecule has 5 aliphatic heterocycles. The second kappa shape index (κ2) is 15.6. The highest BCUT2D eigenvalue weighted by molar-refractivity contribution is 5.94. The van der Waals surface area contributed by atoms with E-state index < -0.39 is 135 Å². The molecule has 9 fully saturated rings. The molecule has 2 aromatic carbocycles. The van der Waals surface area contributed by atoms with Crippen molar-refractivity contribution in [1.82, 2.24) is 0 Å². The minimum absolute atomic E-state index is 0.100. The Hall–Kier alpha value is -4.22. The van der Waals surface area contributed by atoms with E-state index in [1.54, 1.807) is 67.6 Å². The molecule has 2 spiro atoms. The maximum absolute atomic E-state index is 14.7. The number of benzene rings is 2. The lowest BCUT2D eigenvalue weighted by molar-refractivity contribution is -0.459. The average molecular weight is 955 g/mol. The topological polar surface area (TPSA) is 206 Å². The van der Waals surface area contributed by atoms with Crippen LogP contribution in [0.5, 0.6) is 0 Å². The first-order valence-electron chi connectivity index (χ1n) is 25.1. The van der Waals surface area contributed by atoms with Crippen molar-refractivity contribution in [2.24, 2.45) is 46.3 Å². The van der Waals surface area contributed by atoms with Crippen LogP contribution in [0.2, 0.25) is 0 Å². The third-order valence-corrected chi connectivity index (χ3v) is 19.5. The van der Waals surface area contributed by atoms with Crippen LogP contribution in [0.25, 0.3) is 0 Å². The van der Waals surface area contributed by atoms with Crippen LogP contribution in [-0.4, -0.2) is 117 Å². The Bertz CT molecular complexity index is 2450. The Kier molecular flexibility index (Phi) is 10.7. The number of hydrogen-bond donors (Lipinski definition) is 3. The zero-order chi connectivity index (χ0) is 48.9. The molecule has 15 heteroatoms. The quantitative estimate of drug-likeness (QED) is 0.114. The van der Waals surface area contributed by atoms with Gasteiger partial charge in [0.25, 0.3) is 0 Å². The molecule has 3 N–H and O–H groups in total. The fourth-order valence-corrected chi connectivity index (χ4v) is 15.4. The van der Waals surface area contributed by atoms with Crippen LogP contribution in [0.3, 0.4) is 0 Å². The van der Waals surface area contributed by atoms with E-state index in [1.807, 2.05) is 27.7 Å². The Balaban J connectivity index is 1.11. The molecule has 372 valence electrons. The van der Waals surface area contributed by atoms with Crippen molar-refractivity contribution in [3.63, 3.8) is 0 Å². The van der Waals surface area contributed by atoms with Gasteiger partial charge in [0.15, 0.2) is 5.60 Å².